The normalized spacial score (nSPS) is 9.50. The van der Waals surface area contributed by atoms with Crippen molar-refractivity contribution in [3.8, 4) is 5.75 Å². The number of aromatic amines is 1. The van der Waals surface area contributed by atoms with Crippen molar-refractivity contribution >= 4 is 16.9 Å². The zero-order valence-electron chi connectivity index (χ0n) is 14.9. The topological polar surface area (TPSA) is 62.3 Å². The van der Waals surface area contributed by atoms with Gasteiger partial charge >= 0.3 is 5.97 Å². The average molecular weight is 329 g/mol. The van der Waals surface area contributed by atoms with Gasteiger partial charge in [0.05, 0.1) is 13.5 Å². The molecule has 0 unspecified atom stereocenters. The number of carbonyl (C=O) groups is 1. The number of rotatable bonds is 4. The molecule has 0 aliphatic rings. The molecule has 2 aromatic rings. The van der Waals surface area contributed by atoms with Crippen LogP contribution in [0.4, 0.5) is 0 Å². The fourth-order valence-electron chi connectivity index (χ4n) is 1.87. The van der Waals surface area contributed by atoms with Crippen molar-refractivity contribution < 1.29 is 14.6 Å². The molecule has 0 atom stereocenters. The third kappa shape index (κ3) is 7.01. The zero-order chi connectivity index (χ0) is 18.5. The van der Waals surface area contributed by atoms with Gasteiger partial charge in [-0.05, 0) is 44.5 Å². The highest BCUT2D eigenvalue weighted by atomic mass is 16.5. The number of hydrogen-bond donors (Lipinski definition) is 2. The van der Waals surface area contributed by atoms with Crippen molar-refractivity contribution in [2.24, 2.45) is 0 Å². The van der Waals surface area contributed by atoms with Crippen LogP contribution in [0.25, 0.3) is 10.9 Å². The predicted octanol–water partition coefficient (Wildman–Crippen LogP) is 5.05. The van der Waals surface area contributed by atoms with Gasteiger partial charge in [-0.3, -0.25) is 4.79 Å². The molecule has 0 saturated carbocycles. The first-order valence-electron chi connectivity index (χ1n) is 7.62. The van der Waals surface area contributed by atoms with Gasteiger partial charge in [0.1, 0.15) is 5.75 Å². The summed E-state index contributed by atoms with van der Waals surface area (Å²) >= 11 is 0. The van der Waals surface area contributed by atoms with Crippen molar-refractivity contribution in [2.75, 3.05) is 7.11 Å². The van der Waals surface area contributed by atoms with Gasteiger partial charge < -0.3 is 14.8 Å². The van der Waals surface area contributed by atoms with Crippen LogP contribution in [0.3, 0.4) is 0 Å². The summed E-state index contributed by atoms with van der Waals surface area (Å²) in [5, 5.41) is 9.77. The molecule has 130 valence electrons. The van der Waals surface area contributed by atoms with E-state index in [0.717, 1.165) is 27.9 Å². The number of benzene rings is 1. The molecule has 0 saturated heterocycles. The van der Waals surface area contributed by atoms with Crippen LogP contribution in [0.15, 0.2) is 55.7 Å². The van der Waals surface area contributed by atoms with E-state index < -0.39 is 5.97 Å². The molecule has 1 heterocycles. The Bertz CT molecular complexity index is 686. The van der Waals surface area contributed by atoms with E-state index in [1.807, 2.05) is 51.1 Å². The van der Waals surface area contributed by atoms with Crippen LogP contribution < -0.4 is 4.74 Å². The molecular formula is C20H27NO3. The molecule has 0 spiro atoms. The highest BCUT2D eigenvalue weighted by Gasteiger charge is 2.12. The third-order valence-electron chi connectivity index (χ3n) is 3.15. The minimum atomic E-state index is -0.827. The summed E-state index contributed by atoms with van der Waals surface area (Å²) in [6.45, 7) is 12.6. The largest absolute Gasteiger partial charge is 0.497 e. The molecule has 4 nitrogen and oxygen atoms in total. The lowest BCUT2D eigenvalue weighted by Crippen LogP contribution is -2.00. The van der Waals surface area contributed by atoms with Gasteiger partial charge in [-0.15, -0.1) is 0 Å². The lowest BCUT2D eigenvalue weighted by atomic mass is 10.1. The quantitative estimate of drug-likeness (QED) is 0.609. The molecule has 0 fully saturated rings. The number of ether oxygens (including phenoxy) is 1. The van der Waals surface area contributed by atoms with E-state index in [9.17, 15) is 4.79 Å². The second-order valence-corrected chi connectivity index (χ2v) is 4.85. The number of carboxylic acids is 1. The number of allylic oxidation sites excluding steroid dienone is 4. The Morgan fingerprint density at radius 3 is 2.25 bits per heavy atom. The van der Waals surface area contributed by atoms with Crippen LogP contribution >= 0.6 is 0 Å². The molecular weight excluding hydrogens is 302 g/mol. The summed E-state index contributed by atoms with van der Waals surface area (Å²) in [4.78, 5) is 13.9. The highest BCUT2D eigenvalue weighted by Crippen LogP contribution is 2.26. The maximum absolute atomic E-state index is 10.8. The third-order valence-corrected chi connectivity index (χ3v) is 3.15. The van der Waals surface area contributed by atoms with Crippen molar-refractivity contribution in [3.05, 3.63) is 66.9 Å². The summed E-state index contributed by atoms with van der Waals surface area (Å²) in [6, 6.07) is 5.60. The van der Waals surface area contributed by atoms with E-state index in [-0.39, 0.29) is 6.42 Å². The van der Waals surface area contributed by atoms with Gasteiger partial charge in [0.2, 0.25) is 0 Å². The summed E-state index contributed by atoms with van der Waals surface area (Å²) in [5.41, 5.74) is 2.65. The Morgan fingerprint density at radius 1 is 1.25 bits per heavy atom. The van der Waals surface area contributed by atoms with Crippen LogP contribution in [-0.4, -0.2) is 23.2 Å². The summed E-state index contributed by atoms with van der Waals surface area (Å²) < 4.78 is 5.13. The molecule has 4 heteroatoms. The Kier molecular flexibility index (Phi) is 10.4. The Balaban J connectivity index is 0.000000558. The molecule has 0 amide bonds. The fraction of sp³-hybridized carbons (Fsp3) is 0.250. The molecule has 1 aromatic heterocycles. The monoisotopic (exact) mass is 329 g/mol. The van der Waals surface area contributed by atoms with Crippen molar-refractivity contribution in [1.29, 1.82) is 0 Å². The number of methoxy groups -OCH3 is 1. The highest BCUT2D eigenvalue weighted by molar-refractivity contribution is 5.89. The van der Waals surface area contributed by atoms with Crippen LogP contribution in [-0.2, 0) is 11.2 Å². The van der Waals surface area contributed by atoms with Crippen molar-refractivity contribution in [2.45, 2.75) is 27.2 Å². The summed E-state index contributed by atoms with van der Waals surface area (Å²) in [6.07, 6.45) is 7.30. The maximum atomic E-state index is 10.8. The first-order chi connectivity index (χ1) is 11.4. The molecule has 0 radical (unpaired) electrons. The van der Waals surface area contributed by atoms with Crippen LogP contribution in [0.1, 0.15) is 25.1 Å². The number of hydrogen-bond acceptors (Lipinski definition) is 2. The average Bonchev–Trinajstić information content (AvgIpc) is 2.89. The number of aliphatic carboxylic acids is 1. The number of H-pyrrole nitrogens is 1. The van der Waals surface area contributed by atoms with Crippen LogP contribution in [0.2, 0.25) is 0 Å². The number of carboxylic acid groups (broad SMARTS) is 1. The van der Waals surface area contributed by atoms with Gasteiger partial charge in [0.15, 0.2) is 0 Å². The molecule has 1 aromatic carbocycles. The molecule has 24 heavy (non-hydrogen) atoms. The van der Waals surface area contributed by atoms with E-state index in [1.165, 1.54) is 0 Å². The first kappa shape index (κ1) is 21.2. The van der Waals surface area contributed by atoms with Crippen molar-refractivity contribution in [3.63, 3.8) is 0 Å². The van der Waals surface area contributed by atoms with E-state index >= 15 is 0 Å². The van der Waals surface area contributed by atoms with Gasteiger partial charge in [0, 0.05) is 16.6 Å². The van der Waals surface area contributed by atoms with Crippen LogP contribution in [0.5, 0.6) is 5.75 Å². The zero-order valence-corrected chi connectivity index (χ0v) is 14.9. The molecule has 0 aliphatic heterocycles. The smallest absolute Gasteiger partial charge is 0.307 e. The lowest BCUT2D eigenvalue weighted by Gasteiger charge is -2.00. The van der Waals surface area contributed by atoms with E-state index in [1.54, 1.807) is 19.3 Å². The Hall–Kier alpha value is -2.75. The molecule has 0 aliphatic carbocycles. The number of aromatic nitrogens is 1. The van der Waals surface area contributed by atoms with E-state index in [0.29, 0.717) is 0 Å². The summed E-state index contributed by atoms with van der Waals surface area (Å²) in [7, 11) is 1.59. The fourth-order valence-corrected chi connectivity index (χ4v) is 1.87. The molecule has 0 bridgehead atoms. The maximum Gasteiger partial charge on any atom is 0.307 e. The second kappa shape index (κ2) is 11.8. The minimum Gasteiger partial charge on any atom is -0.497 e. The summed E-state index contributed by atoms with van der Waals surface area (Å²) in [5.74, 6) is -0.0926. The number of aryl methyl sites for hydroxylation is 1. The molecule has 2 rings (SSSR count). The van der Waals surface area contributed by atoms with Crippen molar-refractivity contribution in [1.82, 2.24) is 4.98 Å². The van der Waals surface area contributed by atoms with Gasteiger partial charge in [-0.2, -0.15) is 0 Å². The van der Waals surface area contributed by atoms with E-state index in [2.05, 4.69) is 18.1 Å². The van der Waals surface area contributed by atoms with E-state index in [4.69, 9.17) is 9.84 Å². The standard InChI is InChI=1S/C12H13NO3.C4H8.C4H6/c1-7-9(6-12(14)15)10-5-8(16-2)3-4-11(10)13-7;2*1-3-4-2/h3-5,13H,6H2,1-2H3,(H,14,15);3-4H,1-2H3;3-4H,1-2H2/b;4-3-;. The van der Waals surface area contributed by atoms with Gasteiger partial charge in [0.25, 0.3) is 0 Å². The Morgan fingerprint density at radius 2 is 1.83 bits per heavy atom. The Labute approximate surface area is 144 Å². The predicted molar refractivity (Wildman–Crippen MR) is 102 cm³/mol. The van der Waals surface area contributed by atoms with Crippen LogP contribution in [0, 0.1) is 6.92 Å². The first-order valence-corrected chi connectivity index (χ1v) is 7.62. The lowest BCUT2D eigenvalue weighted by molar-refractivity contribution is -0.136. The SMILES string of the molecule is C/C=C\C.C=CC=C.COc1ccc2[nH]c(C)c(CC(=O)O)c2c1. The molecule has 2 N–H and O–H groups in total. The van der Waals surface area contributed by atoms with Gasteiger partial charge in [-0.1, -0.05) is 37.5 Å². The minimum absolute atomic E-state index is 0.0268. The number of fused-ring (bicyclic) bond motifs is 1. The second-order valence-electron chi connectivity index (χ2n) is 4.85. The van der Waals surface area contributed by atoms with Gasteiger partial charge in [-0.25, -0.2) is 0 Å². The number of nitrogens with one attached hydrogen (secondary N) is 1.